The zero-order chi connectivity index (χ0) is 29.0. The molecule has 0 radical (unpaired) electrons. The van der Waals surface area contributed by atoms with Crippen molar-refractivity contribution in [1.29, 1.82) is 0 Å². The van der Waals surface area contributed by atoms with Crippen molar-refractivity contribution in [2.45, 2.75) is 0 Å². The van der Waals surface area contributed by atoms with E-state index >= 15 is 0 Å². The van der Waals surface area contributed by atoms with E-state index in [-0.39, 0.29) is 86.8 Å². The second-order valence-electron chi connectivity index (χ2n) is 3.07. The fourth-order valence-electron chi connectivity index (χ4n) is 0. The van der Waals surface area contributed by atoms with Crippen molar-refractivity contribution in [2.75, 3.05) is 0 Å². The van der Waals surface area contributed by atoms with Crippen LogP contribution in [-0.2, 0) is 42.5 Å². The Labute approximate surface area is 261 Å². The average molecular weight is 684 g/mol. The average Bonchev–Trinajstić information content (AvgIpc) is 2.42. The number of carboxylic acids is 6. The molecule has 0 fully saturated rings. The molecule has 0 bridgehead atoms. The van der Waals surface area contributed by atoms with E-state index in [4.69, 9.17) is 117 Å². The molecule has 0 saturated heterocycles. The molecule has 198 valence electrons. The van der Waals surface area contributed by atoms with Crippen molar-refractivity contribution in [3.63, 3.8) is 0 Å². The first-order valence-corrected chi connectivity index (χ1v) is 9.77. The van der Waals surface area contributed by atoms with Crippen molar-refractivity contribution < 1.29 is 117 Å². The van der Waals surface area contributed by atoms with Gasteiger partial charge in [0, 0.05) is 0 Å². The molecule has 0 amide bonds. The van der Waals surface area contributed by atoms with E-state index < -0.39 is 59.3 Å². The predicted octanol–water partition coefficient (Wildman–Crippen LogP) is -20.9. The van der Waals surface area contributed by atoms with E-state index in [1.165, 1.54) is 0 Å². The number of carbonyl (C=O) groups excluding carboxylic acids is 6. The van der Waals surface area contributed by atoms with Gasteiger partial charge in [0.15, 0.2) is 0 Å². The zero-order valence-corrected chi connectivity index (χ0v) is 25.5. The van der Waals surface area contributed by atoms with Gasteiger partial charge in [-0.2, -0.15) is 23.5 Å². The molecule has 0 unspecified atom stereocenters. The topological polar surface area (TPSA) is 500 Å². The minimum Gasteiger partial charge on any atom is -0.822 e. The Hall–Kier alpha value is -0.188. The molecule has 0 atom stereocenters. The normalized spacial score (nSPS) is 8.13. The Morgan fingerprint density at radius 1 is 0.289 bits per heavy atom. The van der Waals surface area contributed by atoms with Gasteiger partial charge in [-0.05, 0) is 0 Å². The number of hydrogen-bond acceptors (Lipinski definition) is 24. The van der Waals surface area contributed by atoms with E-state index in [0.717, 1.165) is 0 Å². The molecule has 0 aliphatic rings. The van der Waals surface area contributed by atoms with Crippen LogP contribution in [0.4, 0.5) is 0 Å². The van der Waals surface area contributed by atoms with Crippen molar-refractivity contribution in [3.8, 4) is 0 Å². The first-order chi connectivity index (χ1) is 13.9. The summed E-state index contributed by atoms with van der Waals surface area (Å²) in [7, 11) is -16.2. The molecule has 0 aliphatic carbocycles. The summed E-state index contributed by atoms with van der Waals surface area (Å²) in [5.41, 5.74) is 0. The maximum Gasteiger partial charge on any atom is 3.00 e. The minimum atomic E-state index is -5.39. The van der Waals surface area contributed by atoms with E-state index in [0.29, 0.717) is 0 Å². The van der Waals surface area contributed by atoms with Gasteiger partial charge in [-0.15, -0.1) is 0 Å². The second kappa shape index (κ2) is 36.8. The number of aliphatic carboxylic acids is 6. The van der Waals surface area contributed by atoms with Crippen LogP contribution >= 0.6 is 23.5 Å². The van der Waals surface area contributed by atoms with Crippen molar-refractivity contribution in [3.05, 3.63) is 0 Å². The Balaban J connectivity index is -0.0000000250. The molecule has 0 saturated carbocycles. The molecule has 0 aliphatic heterocycles. The molecule has 0 aromatic carbocycles. The molecule has 0 aromatic heterocycles. The fraction of sp³-hybridized carbons (Fsp3) is 0. The van der Waals surface area contributed by atoms with Crippen LogP contribution in [0, 0.1) is 0 Å². The van der Waals surface area contributed by atoms with E-state index in [2.05, 4.69) is 0 Å². The molecule has 24 nitrogen and oxygen atoms in total. The van der Waals surface area contributed by atoms with E-state index in [1.54, 1.807) is 0 Å². The summed E-state index contributed by atoms with van der Waals surface area (Å²) in [6.07, 6.45) is 0. The Morgan fingerprint density at radius 3 is 0.316 bits per heavy atom. The Bertz CT molecular complexity index is 630. The number of carboxylic acid groups (broad SMARTS) is 6. The van der Waals surface area contributed by atoms with Gasteiger partial charge in [-0.1, -0.05) is 0 Å². The predicted molar refractivity (Wildman–Crippen MR) is 81.6 cm³/mol. The summed E-state index contributed by atoms with van der Waals surface area (Å²) < 4.78 is 25.6. The largest absolute Gasteiger partial charge is 3.00 e. The van der Waals surface area contributed by atoms with Crippen LogP contribution in [0.1, 0.15) is 0 Å². The van der Waals surface area contributed by atoms with Gasteiger partial charge in [-0.25, -0.2) is 0 Å². The van der Waals surface area contributed by atoms with Crippen LogP contribution in [0.25, 0.3) is 0 Å². The summed E-state index contributed by atoms with van der Waals surface area (Å²) in [6, 6.07) is 0. The number of phosphoric acid groups is 3. The third-order valence-corrected chi connectivity index (χ3v) is 0.500. The quantitative estimate of drug-likeness (QED) is 0.130. The molecule has 0 spiro atoms. The monoisotopic (exact) mass is 684 g/mol. The Morgan fingerprint density at radius 2 is 0.316 bits per heavy atom. The second-order valence-corrected chi connectivity index (χ2v) is 5.75. The maximum atomic E-state index is 8.93. The molecule has 32 heteroatoms. The summed E-state index contributed by atoms with van der Waals surface area (Å²) in [5, 5.41) is 53.6. The summed E-state index contributed by atoms with van der Waals surface area (Å²) in [4.78, 5) is 130. The van der Waals surface area contributed by atoms with Crippen LogP contribution in [0.5, 0.6) is 0 Å². The van der Waals surface area contributed by atoms with Gasteiger partial charge >= 0.3 is 86.8 Å². The van der Waals surface area contributed by atoms with Gasteiger partial charge in [0.05, 0.1) is 35.8 Å². The first kappa shape index (κ1) is 71.3. The number of hydrogen-bond donors (Lipinski definition) is 0. The van der Waals surface area contributed by atoms with Gasteiger partial charge in [0.25, 0.3) is 0 Å². The smallest absolute Gasteiger partial charge is 0.822 e. The van der Waals surface area contributed by atoms with Crippen LogP contribution in [0.15, 0.2) is 0 Å². The van der Waals surface area contributed by atoms with Crippen LogP contribution in [0.3, 0.4) is 0 Å². The molecule has 0 rings (SSSR count). The number of carbonyl (C=O) groups is 6. The molecule has 0 heterocycles. The van der Waals surface area contributed by atoms with Gasteiger partial charge in [0.1, 0.15) is 0 Å². The van der Waals surface area contributed by atoms with Crippen molar-refractivity contribution in [1.82, 2.24) is 0 Å². The zero-order valence-electron chi connectivity index (χ0n) is 17.0. The molecule has 0 N–H and O–H groups in total. The SMILES string of the molecule is O=C([O-])C(=O)[O-].O=C([O-])C(=O)[O-].O=C([O-])C(=O)[O-].O=P([O-])([O-])[O-].O=P([O-])([O-])[O-].O=P([O-])([O-])[O-].[Al+3].[Al+3].[Al+3].[Al+3].[Al+3]. The molecular formula is C6Al5O24P3. The van der Waals surface area contributed by atoms with Crippen molar-refractivity contribution >= 4 is 146 Å². The van der Waals surface area contributed by atoms with Gasteiger partial charge in [0.2, 0.25) is 0 Å². The maximum absolute atomic E-state index is 8.93. The van der Waals surface area contributed by atoms with Crippen molar-refractivity contribution in [2.24, 2.45) is 0 Å². The summed E-state index contributed by atoms with van der Waals surface area (Å²) in [5.74, 6) is -13.1. The minimum absolute atomic E-state index is 0. The molecule has 38 heavy (non-hydrogen) atoms. The third kappa shape index (κ3) is 311. The van der Waals surface area contributed by atoms with Gasteiger partial charge < -0.3 is 117 Å². The number of rotatable bonds is 0. The standard InChI is InChI=1S/3C2H2O4.5Al.3H3O4P/c3*3-1(4)2(5)6;;;;;;3*1-5(2,3)4/h3*(H,3,4)(H,5,6);;;;;;3*(H3,1,2,3,4)/q;;;5*+3;;;/p-15. The van der Waals surface area contributed by atoms with Crippen LogP contribution in [0.2, 0.25) is 0 Å². The van der Waals surface area contributed by atoms with Gasteiger partial charge in [-0.3, -0.25) is 0 Å². The molecular weight excluding hydrogens is 684 g/mol. The molecule has 0 aromatic rings. The Kier molecular flexibility index (Phi) is 69.0. The van der Waals surface area contributed by atoms with Crippen LogP contribution < -0.4 is 74.7 Å². The third-order valence-electron chi connectivity index (χ3n) is 0.500. The summed E-state index contributed by atoms with van der Waals surface area (Å²) in [6.45, 7) is 0. The van der Waals surface area contributed by atoms with E-state index in [1.807, 2.05) is 0 Å². The fourth-order valence-corrected chi connectivity index (χ4v) is 0. The van der Waals surface area contributed by atoms with Crippen LogP contribution in [-0.4, -0.2) is 123 Å². The first-order valence-electron chi connectivity index (χ1n) is 5.39. The van der Waals surface area contributed by atoms with E-state index in [9.17, 15) is 0 Å². The summed E-state index contributed by atoms with van der Waals surface area (Å²) >= 11 is 0.